The Labute approximate surface area is 78.6 Å². The maximum Gasteiger partial charge on any atom is 0.131 e. The Hall–Kier alpha value is -1.16. The second-order valence-corrected chi connectivity index (χ2v) is 3.36. The summed E-state index contributed by atoms with van der Waals surface area (Å²) in [4.78, 5) is 8.16. The molecule has 1 heterocycles. The third-order valence-electron chi connectivity index (χ3n) is 1.72. The first-order valence-corrected chi connectivity index (χ1v) is 4.41. The average molecular weight is 180 g/mol. The van der Waals surface area contributed by atoms with E-state index in [9.17, 15) is 0 Å². The first-order chi connectivity index (χ1) is 6.09. The molecule has 0 aliphatic heterocycles. The van der Waals surface area contributed by atoms with Gasteiger partial charge in [-0.3, -0.25) is 0 Å². The SMILES string of the molecule is Cc1ncc(CNC(C)C)c(N)n1. The summed E-state index contributed by atoms with van der Waals surface area (Å²) in [7, 11) is 0. The third-order valence-corrected chi connectivity index (χ3v) is 1.72. The van der Waals surface area contributed by atoms with Crippen molar-refractivity contribution in [3.05, 3.63) is 17.6 Å². The highest BCUT2D eigenvalue weighted by Gasteiger charge is 2.01. The Morgan fingerprint density at radius 3 is 2.77 bits per heavy atom. The highest BCUT2D eigenvalue weighted by molar-refractivity contribution is 5.37. The maximum atomic E-state index is 5.72. The molecule has 0 aliphatic carbocycles. The summed E-state index contributed by atoms with van der Waals surface area (Å²) >= 11 is 0. The fourth-order valence-corrected chi connectivity index (χ4v) is 0.963. The summed E-state index contributed by atoms with van der Waals surface area (Å²) in [6, 6.07) is 0.445. The van der Waals surface area contributed by atoms with Crippen LogP contribution in [0.1, 0.15) is 25.2 Å². The van der Waals surface area contributed by atoms with Crippen molar-refractivity contribution < 1.29 is 0 Å². The van der Waals surface area contributed by atoms with Crippen molar-refractivity contribution in [3.8, 4) is 0 Å². The van der Waals surface area contributed by atoms with Crippen molar-refractivity contribution in [3.63, 3.8) is 0 Å². The summed E-state index contributed by atoms with van der Waals surface area (Å²) < 4.78 is 0. The summed E-state index contributed by atoms with van der Waals surface area (Å²) in [5.74, 6) is 1.28. The van der Waals surface area contributed by atoms with Gasteiger partial charge < -0.3 is 11.1 Å². The summed E-state index contributed by atoms with van der Waals surface area (Å²) in [5.41, 5.74) is 6.67. The molecule has 3 N–H and O–H groups in total. The van der Waals surface area contributed by atoms with Gasteiger partial charge in [0.15, 0.2) is 0 Å². The number of hydrogen-bond donors (Lipinski definition) is 2. The number of aromatic nitrogens is 2. The molecule has 4 nitrogen and oxygen atoms in total. The molecule has 0 saturated heterocycles. The molecule has 4 heteroatoms. The van der Waals surface area contributed by atoms with E-state index in [1.807, 2.05) is 6.92 Å². The number of hydrogen-bond acceptors (Lipinski definition) is 4. The Morgan fingerprint density at radius 1 is 1.54 bits per heavy atom. The van der Waals surface area contributed by atoms with Crippen LogP contribution in [0.2, 0.25) is 0 Å². The van der Waals surface area contributed by atoms with Gasteiger partial charge >= 0.3 is 0 Å². The van der Waals surface area contributed by atoms with E-state index in [1.54, 1.807) is 6.20 Å². The number of rotatable bonds is 3. The van der Waals surface area contributed by atoms with Crippen LogP contribution in [0.5, 0.6) is 0 Å². The van der Waals surface area contributed by atoms with Gasteiger partial charge in [-0.25, -0.2) is 9.97 Å². The molecular weight excluding hydrogens is 164 g/mol. The number of anilines is 1. The van der Waals surface area contributed by atoms with Gasteiger partial charge in [-0.15, -0.1) is 0 Å². The first-order valence-electron chi connectivity index (χ1n) is 4.41. The normalized spacial score (nSPS) is 10.8. The number of nitrogens with zero attached hydrogens (tertiary/aromatic N) is 2. The lowest BCUT2D eigenvalue weighted by molar-refractivity contribution is 0.587. The van der Waals surface area contributed by atoms with E-state index in [0.717, 1.165) is 12.1 Å². The molecule has 1 rings (SSSR count). The summed E-state index contributed by atoms with van der Waals surface area (Å²) in [6.07, 6.45) is 1.77. The fraction of sp³-hybridized carbons (Fsp3) is 0.556. The molecule has 0 saturated carbocycles. The van der Waals surface area contributed by atoms with Crippen LogP contribution in [-0.4, -0.2) is 16.0 Å². The second-order valence-electron chi connectivity index (χ2n) is 3.36. The van der Waals surface area contributed by atoms with Crippen molar-refractivity contribution >= 4 is 5.82 Å². The molecule has 0 amide bonds. The van der Waals surface area contributed by atoms with Gasteiger partial charge in [0.1, 0.15) is 11.6 Å². The van der Waals surface area contributed by atoms with Crippen LogP contribution in [0.4, 0.5) is 5.82 Å². The Morgan fingerprint density at radius 2 is 2.23 bits per heavy atom. The van der Waals surface area contributed by atoms with Crippen molar-refractivity contribution in [2.75, 3.05) is 5.73 Å². The van der Waals surface area contributed by atoms with E-state index in [1.165, 1.54) is 0 Å². The Balaban J connectivity index is 2.67. The van der Waals surface area contributed by atoms with Crippen molar-refractivity contribution in [2.24, 2.45) is 0 Å². The molecule has 72 valence electrons. The quantitative estimate of drug-likeness (QED) is 0.724. The molecule has 0 unspecified atom stereocenters. The zero-order valence-corrected chi connectivity index (χ0v) is 8.33. The van der Waals surface area contributed by atoms with Crippen LogP contribution in [0.25, 0.3) is 0 Å². The molecular formula is C9H16N4. The van der Waals surface area contributed by atoms with Crippen molar-refractivity contribution in [2.45, 2.75) is 33.4 Å². The van der Waals surface area contributed by atoms with E-state index in [2.05, 4.69) is 29.1 Å². The highest BCUT2D eigenvalue weighted by Crippen LogP contribution is 2.06. The molecule has 13 heavy (non-hydrogen) atoms. The molecule has 0 spiro atoms. The number of nitrogens with two attached hydrogens (primary N) is 1. The van der Waals surface area contributed by atoms with E-state index >= 15 is 0 Å². The van der Waals surface area contributed by atoms with Crippen LogP contribution in [0, 0.1) is 6.92 Å². The minimum Gasteiger partial charge on any atom is -0.383 e. The Kier molecular flexibility index (Phi) is 3.19. The lowest BCUT2D eigenvalue weighted by atomic mass is 10.3. The number of nitrogen functional groups attached to an aromatic ring is 1. The van der Waals surface area contributed by atoms with Gasteiger partial charge in [-0.2, -0.15) is 0 Å². The molecule has 1 aromatic heterocycles. The van der Waals surface area contributed by atoms with Crippen molar-refractivity contribution in [1.29, 1.82) is 0 Å². The molecule has 1 aromatic rings. The van der Waals surface area contributed by atoms with Crippen LogP contribution >= 0.6 is 0 Å². The number of nitrogens with one attached hydrogen (secondary N) is 1. The Bertz CT molecular complexity index is 283. The molecule has 0 aliphatic rings. The van der Waals surface area contributed by atoms with Gasteiger partial charge in [0, 0.05) is 24.3 Å². The second kappa shape index (κ2) is 4.18. The van der Waals surface area contributed by atoms with Gasteiger partial charge in [-0.1, -0.05) is 13.8 Å². The third kappa shape index (κ3) is 2.99. The summed E-state index contributed by atoms with van der Waals surface area (Å²) in [5, 5.41) is 3.26. The maximum absolute atomic E-state index is 5.72. The molecule has 0 fully saturated rings. The van der Waals surface area contributed by atoms with Gasteiger partial charge in [0.2, 0.25) is 0 Å². The van der Waals surface area contributed by atoms with E-state index in [0.29, 0.717) is 17.7 Å². The topological polar surface area (TPSA) is 63.8 Å². The largest absolute Gasteiger partial charge is 0.383 e. The van der Waals surface area contributed by atoms with Gasteiger partial charge in [-0.05, 0) is 6.92 Å². The van der Waals surface area contributed by atoms with Crippen LogP contribution in [-0.2, 0) is 6.54 Å². The minimum absolute atomic E-state index is 0.445. The van der Waals surface area contributed by atoms with E-state index < -0.39 is 0 Å². The lowest BCUT2D eigenvalue weighted by Crippen LogP contribution is -2.22. The standard InChI is InChI=1S/C9H16N4/c1-6(2)11-4-8-5-12-7(3)13-9(8)10/h5-6,11H,4H2,1-3H3,(H2,10,12,13). The van der Waals surface area contributed by atoms with Crippen LogP contribution < -0.4 is 11.1 Å². The molecule has 0 aromatic carbocycles. The fourth-order valence-electron chi connectivity index (χ4n) is 0.963. The van der Waals surface area contributed by atoms with Crippen LogP contribution in [0.15, 0.2) is 6.20 Å². The zero-order chi connectivity index (χ0) is 9.84. The minimum atomic E-state index is 0.445. The monoisotopic (exact) mass is 180 g/mol. The molecule has 0 bridgehead atoms. The highest BCUT2D eigenvalue weighted by atomic mass is 15.0. The van der Waals surface area contributed by atoms with Gasteiger partial charge in [0.05, 0.1) is 0 Å². The predicted octanol–water partition coefficient (Wildman–Crippen LogP) is 0.865. The number of aryl methyl sites for hydroxylation is 1. The molecule has 0 radical (unpaired) electrons. The average Bonchev–Trinajstić information content (AvgIpc) is 2.02. The summed E-state index contributed by atoms with van der Waals surface area (Å²) in [6.45, 7) is 6.73. The first kappa shape index (κ1) is 9.92. The van der Waals surface area contributed by atoms with E-state index in [-0.39, 0.29) is 0 Å². The smallest absolute Gasteiger partial charge is 0.131 e. The van der Waals surface area contributed by atoms with Crippen molar-refractivity contribution in [1.82, 2.24) is 15.3 Å². The lowest BCUT2D eigenvalue weighted by Gasteiger charge is -2.09. The van der Waals surface area contributed by atoms with E-state index in [4.69, 9.17) is 5.73 Å². The zero-order valence-electron chi connectivity index (χ0n) is 8.33. The van der Waals surface area contributed by atoms with Gasteiger partial charge in [0.25, 0.3) is 0 Å². The predicted molar refractivity (Wildman–Crippen MR) is 53.2 cm³/mol. The molecule has 0 atom stereocenters. The van der Waals surface area contributed by atoms with Crippen LogP contribution in [0.3, 0.4) is 0 Å².